The minimum absolute atomic E-state index is 0.732. The van der Waals surface area contributed by atoms with Crippen molar-refractivity contribution >= 4 is 23.9 Å². The van der Waals surface area contributed by atoms with E-state index in [0.29, 0.717) is 0 Å². The van der Waals surface area contributed by atoms with Crippen molar-refractivity contribution in [3.05, 3.63) is 0 Å². The zero-order valence-electron chi connectivity index (χ0n) is 24.8. The van der Waals surface area contributed by atoms with Crippen LogP contribution in [0.2, 0.25) is 0 Å². The molecule has 15 atom stereocenters. The number of hydrogen-bond acceptors (Lipinski definition) is 17. The fraction of sp³-hybridized carbons (Fsp3) is 0.846. The summed E-state index contributed by atoms with van der Waals surface area (Å²) in [5, 5.41) is 42.3. The van der Waals surface area contributed by atoms with Gasteiger partial charge in [0.2, 0.25) is 0 Å². The molecule has 246 valence electrons. The highest BCUT2D eigenvalue weighted by atomic mass is 16.8. The molecule has 0 spiro atoms. The van der Waals surface area contributed by atoms with Gasteiger partial charge in [0.05, 0.1) is 18.3 Å². The highest BCUT2D eigenvalue weighted by molar-refractivity contribution is 5.68. The predicted molar refractivity (Wildman–Crippen MR) is 135 cm³/mol. The lowest BCUT2D eigenvalue weighted by Crippen LogP contribution is -2.67. The number of rotatable bonds is 8. The molecule has 3 fully saturated rings. The van der Waals surface area contributed by atoms with Crippen molar-refractivity contribution in [2.24, 2.45) is 0 Å². The number of aliphatic hydroxyl groups is 4. The molecule has 0 aromatic rings. The van der Waals surface area contributed by atoms with Crippen LogP contribution in [0.1, 0.15) is 48.5 Å². The van der Waals surface area contributed by atoms with Crippen LogP contribution in [0.25, 0.3) is 0 Å². The average Bonchev–Trinajstić information content (AvgIpc) is 2.88. The molecule has 3 heterocycles. The van der Waals surface area contributed by atoms with E-state index >= 15 is 0 Å². The van der Waals surface area contributed by atoms with Crippen molar-refractivity contribution in [2.75, 3.05) is 0 Å². The van der Waals surface area contributed by atoms with Gasteiger partial charge in [-0.05, 0) is 20.8 Å². The molecule has 0 radical (unpaired) electrons. The van der Waals surface area contributed by atoms with Crippen molar-refractivity contribution in [1.82, 2.24) is 0 Å². The van der Waals surface area contributed by atoms with Gasteiger partial charge in [0, 0.05) is 27.7 Å². The Hall–Kier alpha value is -2.48. The van der Waals surface area contributed by atoms with Crippen LogP contribution >= 0.6 is 0 Å². The standard InChI is InChI=1S/C26H40O17/c1-8-15(31)20(16(32)24(34)35-8)42-26-23(41-14(7)30)22(19(10(3)37-26)39-12(5)28)43-25-17(33)21(40-13(6)29)18(9(2)36-25)38-11(4)27/h8-10,15-26,31-34H,1-7H3/t8-,9-,10-,15-,16+,17+,18-,19-,20+,21-,22+,23+,24+,25-,26-/m0/s1. The molecule has 0 aromatic heterocycles. The van der Waals surface area contributed by atoms with Crippen molar-refractivity contribution < 1.29 is 82.2 Å². The Kier molecular flexibility index (Phi) is 11.8. The van der Waals surface area contributed by atoms with Gasteiger partial charge in [-0.3, -0.25) is 19.2 Å². The van der Waals surface area contributed by atoms with E-state index in [1.165, 1.54) is 20.8 Å². The van der Waals surface area contributed by atoms with Gasteiger partial charge in [-0.2, -0.15) is 0 Å². The molecule has 0 saturated carbocycles. The predicted octanol–water partition coefficient (Wildman–Crippen LogP) is -2.21. The van der Waals surface area contributed by atoms with E-state index in [1.807, 2.05) is 0 Å². The molecule has 3 saturated heterocycles. The number of carbonyl (C=O) groups excluding carboxylic acids is 4. The second-order valence-corrected chi connectivity index (χ2v) is 10.6. The van der Waals surface area contributed by atoms with Crippen LogP contribution in [0.3, 0.4) is 0 Å². The second kappa shape index (κ2) is 14.5. The molecule has 0 aliphatic carbocycles. The van der Waals surface area contributed by atoms with Gasteiger partial charge in [-0.1, -0.05) is 0 Å². The van der Waals surface area contributed by atoms with E-state index in [2.05, 4.69) is 0 Å². The summed E-state index contributed by atoms with van der Waals surface area (Å²) in [6.07, 6.45) is -21.5. The zero-order chi connectivity index (χ0) is 32.3. The molecule has 3 rings (SSSR count). The fourth-order valence-corrected chi connectivity index (χ4v) is 5.17. The number of ether oxygens (including phenoxy) is 9. The summed E-state index contributed by atoms with van der Waals surface area (Å²) in [6, 6.07) is 0. The molecule has 3 aliphatic heterocycles. The van der Waals surface area contributed by atoms with Gasteiger partial charge >= 0.3 is 23.9 Å². The van der Waals surface area contributed by atoms with Crippen LogP contribution < -0.4 is 0 Å². The van der Waals surface area contributed by atoms with Gasteiger partial charge < -0.3 is 63.1 Å². The quantitative estimate of drug-likeness (QED) is 0.166. The van der Waals surface area contributed by atoms with Gasteiger partial charge in [-0.25, -0.2) is 0 Å². The summed E-state index contributed by atoms with van der Waals surface area (Å²) < 4.78 is 50.0. The number of esters is 4. The van der Waals surface area contributed by atoms with Gasteiger partial charge in [0.15, 0.2) is 43.3 Å². The van der Waals surface area contributed by atoms with E-state index in [-0.39, 0.29) is 0 Å². The third kappa shape index (κ3) is 8.37. The summed E-state index contributed by atoms with van der Waals surface area (Å²) >= 11 is 0. The Morgan fingerprint density at radius 1 is 0.465 bits per heavy atom. The average molecular weight is 625 g/mol. The van der Waals surface area contributed by atoms with Gasteiger partial charge in [-0.15, -0.1) is 0 Å². The Balaban J connectivity index is 1.98. The minimum Gasteiger partial charge on any atom is -0.457 e. The van der Waals surface area contributed by atoms with Crippen molar-refractivity contribution in [3.63, 3.8) is 0 Å². The van der Waals surface area contributed by atoms with Gasteiger partial charge in [0.25, 0.3) is 0 Å². The lowest BCUT2D eigenvalue weighted by Gasteiger charge is -2.49. The minimum atomic E-state index is -1.77. The topological polar surface area (TPSA) is 232 Å². The van der Waals surface area contributed by atoms with Crippen molar-refractivity contribution in [1.29, 1.82) is 0 Å². The van der Waals surface area contributed by atoms with E-state index in [9.17, 15) is 39.6 Å². The Morgan fingerprint density at radius 2 is 0.884 bits per heavy atom. The molecule has 4 N–H and O–H groups in total. The second-order valence-electron chi connectivity index (χ2n) is 10.6. The van der Waals surface area contributed by atoms with E-state index in [0.717, 1.165) is 27.7 Å². The van der Waals surface area contributed by atoms with Crippen LogP contribution in [-0.4, -0.2) is 136 Å². The monoisotopic (exact) mass is 624 g/mol. The van der Waals surface area contributed by atoms with Crippen LogP contribution in [-0.2, 0) is 61.8 Å². The molecule has 0 bridgehead atoms. The van der Waals surface area contributed by atoms with E-state index < -0.39 is 116 Å². The third-order valence-electron chi connectivity index (χ3n) is 7.07. The normalized spacial score (nSPS) is 43.3. The summed E-state index contributed by atoms with van der Waals surface area (Å²) in [4.78, 5) is 47.8. The summed E-state index contributed by atoms with van der Waals surface area (Å²) in [5.41, 5.74) is 0. The smallest absolute Gasteiger partial charge is 0.303 e. The van der Waals surface area contributed by atoms with Crippen molar-refractivity contribution in [3.8, 4) is 0 Å². The highest BCUT2D eigenvalue weighted by Gasteiger charge is 2.56. The lowest BCUT2D eigenvalue weighted by molar-refractivity contribution is -0.374. The van der Waals surface area contributed by atoms with Crippen LogP contribution in [0, 0.1) is 0 Å². The number of aliphatic hydroxyl groups excluding tert-OH is 4. The van der Waals surface area contributed by atoms with E-state index in [4.69, 9.17) is 42.6 Å². The maximum absolute atomic E-state index is 12.2. The molecule has 0 unspecified atom stereocenters. The first-order valence-corrected chi connectivity index (χ1v) is 13.7. The van der Waals surface area contributed by atoms with Crippen LogP contribution in [0.5, 0.6) is 0 Å². The number of carbonyl (C=O) groups is 4. The van der Waals surface area contributed by atoms with Gasteiger partial charge in [0.1, 0.15) is 30.5 Å². The largest absolute Gasteiger partial charge is 0.457 e. The first-order chi connectivity index (χ1) is 20.0. The SMILES string of the molecule is CC(=O)O[C@@H]1[C@@H](O[C@@H]2O[C@@H](C)[C@H](OC(C)=O)[C@@H](OC(C)=O)[C@H]2O)[C@@H](OC(C)=O)[C@H](O[C@@H]2[C@@H](O)[C@H](C)O[C@@H](O)[C@@H]2O)O[C@H]1C. The Labute approximate surface area is 247 Å². The first kappa shape index (κ1) is 35.0. The molecule has 17 heteroatoms. The van der Waals surface area contributed by atoms with E-state index in [1.54, 1.807) is 0 Å². The Morgan fingerprint density at radius 3 is 1.40 bits per heavy atom. The lowest BCUT2D eigenvalue weighted by atomic mass is 9.96. The first-order valence-electron chi connectivity index (χ1n) is 13.7. The Bertz CT molecular complexity index is 992. The third-order valence-corrected chi connectivity index (χ3v) is 7.07. The summed E-state index contributed by atoms with van der Waals surface area (Å²) in [7, 11) is 0. The van der Waals surface area contributed by atoms with Crippen molar-refractivity contribution in [2.45, 2.75) is 141 Å². The van der Waals surface area contributed by atoms with Crippen LogP contribution in [0.15, 0.2) is 0 Å². The summed E-state index contributed by atoms with van der Waals surface area (Å²) in [6.45, 7) is 8.74. The molecule has 17 nitrogen and oxygen atoms in total. The summed E-state index contributed by atoms with van der Waals surface area (Å²) in [5.74, 6) is -3.17. The molecule has 0 amide bonds. The molecular weight excluding hydrogens is 584 g/mol. The maximum Gasteiger partial charge on any atom is 0.303 e. The molecule has 0 aromatic carbocycles. The molecule has 3 aliphatic rings. The molecule has 43 heavy (non-hydrogen) atoms. The zero-order valence-corrected chi connectivity index (χ0v) is 24.8. The molecular formula is C26H40O17. The highest BCUT2D eigenvalue weighted by Crippen LogP contribution is 2.35. The fourth-order valence-electron chi connectivity index (χ4n) is 5.17. The maximum atomic E-state index is 12.2. The number of hydrogen-bond donors (Lipinski definition) is 4. The van der Waals surface area contributed by atoms with Crippen LogP contribution in [0.4, 0.5) is 0 Å².